The summed E-state index contributed by atoms with van der Waals surface area (Å²) >= 11 is 0. The monoisotopic (exact) mass is 206 g/mol. The first kappa shape index (κ1) is 10.5. The fraction of sp³-hybridized carbons (Fsp3) is 0.538. The average Bonchev–Trinajstić information content (AvgIpc) is 3.09. The van der Waals surface area contributed by atoms with E-state index in [0.29, 0.717) is 6.10 Å². The topological polar surface area (TPSA) is 21.8 Å². The zero-order chi connectivity index (χ0) is 10.5. The molecule has 0 aromatic heterocycles. The summed E-state index contributed by atoms with van der Waals surface area (Å²) in [5.74, 6) is 0.935. The van der Waals surface area contributed by atoms with Crippen molar-refractivity contribution < 1.29 is 9.47 Å². The van der Waals surface area contributed by atoms with Crippen LogP contribution < -0.4 is 4.74 Å². The van der Waals surface area contributed by atoms with E-state index in [1.165, 1.54) is 24.8 Å². The van der Waals surface area contributed by atoms with Gasteiger partial charge in [-0.05, 0) is 37.0 Å². The van der Waals surface area contributed by atoms with Crippen molar-refractivity contribution in [3.8, 4) is 5.75 Å². The highest BCUT2D eigenvalue weighted by atomic mass is 16.6. The number of hydrogen-bond acceptors (Lipinski definition) is 2. The summed E-state index contributed by atoms with van der Waals surface area (Å²) in [4.78, 5) is 0. The van der Waals surface area contributed by atoms with Crippen LogP contribution in [0.25, 0.3) is 0 Å². The minimum Gasteiger partial charge on any atom is -0.497 e. The molecule has 1 aromatic rings. The van der Waals surface area contributed by atoms with Crippen molar-refractivity contribution in [2.45, 2.75) is 31.8 Å². The molecule has 1 aliphatic heterocycles. The van der Waals surface area contributed by atoms with Gasteiger partial charge in [0.05, 0.1) is 19.8 Å². The fourth-order valence-corrected chi connectivity index (χ4v) is 1.73. The third-order valence-corrected chi connectivity index (χ3v) is 2.80. The van der Waals surface area contributed by atoms with Crippen LogP contribution >= 0.6 is 0 Å². The molecule has 0 radical (unpaired) electrons. The van der Waals surface area contributed by atoms with Gasteiger partial charge in [0.2, 0.25) is 0 Å². The van der Waals surface area contributed by atoms with Gasteiger partial charge in [0.15, 0.2) is 0 Å². The lowest BCUT2D eigenvalue weighted by atomic mass is 10.1. The second-order valence-electron chi connectivity index (χ2n) is 4.05. The highest BCUT2D eigenvalue weighted by Gasteiger charge is 2.20. The van der Waals surface area contributed by atoms with Crippen LogP contribution in [0.4, 0.5) is 0 Å². The fourth-order valence-electron chi connectivity index (χ4n) is 1.73. The van der Waals surface area contributed by atoms with Gasteiger partial charge >= 0.3 is 0 Å². The number of ether oxygens (including phenoxy) is 2. The molecule has 1 unspecified atom stereocenters. The largest absolute Gasteiger partial charge is 0.497 e. The van der Waals surface area contributed by atoms with Gasteiger partial charge in [-0.3, -0.25) is 0 Å². The van der Waals surface area contributed by atoms with Crippen LogP contribution in [-0.4, -0.2) is 19.8 Å². The molecule has 15 heavy (non-hydrogen) atoms. The van der Waals surface area contributed by atoms with Gasteiger partial charge in [0, 0.05) is 0 Å². The van der Waals surface area contributed by atoms with E-state index in [4.69, 9.17) is 9.47 Å². The summed E-state index contributed by atoms with van der Waals surface area (Å²) in [6, 6.07) is 8.34. The Labute approximate surface area is 91.2 Å². The molecule has 1 aromatic carbocycles. The van der Waals surface area contributed by atoms with E-state index in [1.54, 1.807) is 7.11 Å². The van der Waals surface area contributed by atoms with Crippen molar-refractivity contribution in [1.82, 2.24) is 0 Å². The molecule has 0 N–H and O–H groups in total. The van der Waals surface area contributed by atoms with E-state index in [0.717, 1.165) is 18.8 Å². The van der Waals surface area contributed by atoms with Gasteiger partial charge in [-0.2, -0.15) is 0 Å². The van der Waals surface area contributed by atoms with E-state index in [1.807, 2.05) is 12.1 Å². The van der Waals surface area contributed by atoms with Crippen LogP contribution in [0.2, 0.25) is 0 Å². The lowest BCUT2D eigenvalue weighted by Gasteiger charge is -2.03. The van der Waals surface area contributed by atoms with Gasteiger partial charge in [0.25, 0.3) is 0 Å². The van der Waals surface area contributed by atoms with Crippen molar-refractivity contribution >= 4 is 0 Å². The Kier molecular flexibility index (Phi) is 3.62. The molecular formula is C13H18O2. The number of aryl methyl sites for hydroxylation is 1. The van der Waals surface area contributed by atoms with E-state index in [9.17, 15) is 0 Å². The Morgan fingerprint density at radius 2 is 2.00 bits per heavy atom. The zero-order valence-electron chi connectivity index (χ0n) is 9.24. The van der Waals surface area contributed by atoms with Crippen LogP contribution in [0.5, 0.6) is 5.75 Å². The summed E-state index contributed by atoms with van der Waals surface area (Å²) in [5.41, 5.74) is 1.40. The average molecular weight is 206 g/mol. The smallest absolute Gasteiger partial charge is 0.118 e. The number of benzene rings is 1. The van der Waals surface area contributed by atoms with E-state index < -0.39 is 0 Å². The van der Waals surface area contributed by atoms with E-state index in [2.05, 4.69) is 12.1 Å². The number of unbranched alkanes of at least 4 members (excludes halogenated alkanes) is 1. The molecule has 1 fully saturated rings. The first-order valence-corrected chi connectivity index (χ1v) is 5.63. The maximum atomic E-state index is 5.17. The highest BCUT2D eigenvalue weighted by molar-refractivity contribution is 5.27. The minimum atomic E-state index is 0.584. The molecule has 1 saturated heterocycles. The Hall–Kier alpha value is -1.02. The van der Waals surface area contributed by atoms with Crippen molar-refractivity contribution in [2.24, 2.45) is 0 Å². The molecule has 0 aliphatic carbocycles. The Bertz CT molecular complexity index is 288. The predicted octanol–water partition coefficient (Wildman–Crippen LogP) is 2.81. The summed E-state index contributed by atoms with van der Waals surface area (Å²) in [5, 5.41) is 0. The van der Waals surface area contributed by atoms with E-state index >= 15 is 0 Å². The molecule has 82 valence electrons. The molecule has 2 rings (SSSR count). The molecule has 1 aliphatic rings. The summed E-state index contributed by atoms with van der Waals surface area (Å²) < 4.78 is 10.3. The second kappa shape index (κ2) is 5.17. The number of epoxide rings is 1. The van der Waals surface area contributed by atoms with E-state index in [-0.39, 0.29) is 0 Å². The quantitative estimate of drug-likeness (QED) is 0.527. The predicted molar refractivity (Wildman–Crippen MR) is 60.3 cm³/mol. The summed E-state index contributed by atoms with van der Waals surface area (Å²) in [7, 11) is 1.70. The number of hydrogen-bond donors (Lipinski definition) is 0. The number of rotatable bonds is 6. The molecule has 0 saturated carbocycles. The SMILES string of the molecule is COc1ccc(CCCCC2CO2)cc1. The van der Waals surface area contributed by atoms with Gasteiger partial charge in [-0.15, -0.1) is 0 Å². The van der Waals surface area contributed by atoms with Crippen molar-refractivity contribution in [1.29, 1.82) is 0 Å². The molecular weight excluding hydrogens is 188 g/mol. The van der Waals surface area contributed by atoms with Crippen LogP contribution in [-0.2, 0) is 11.2 Å². The van der Waals surface area contributed by atoms with Crippen molar-refractivity contribution in [3.05, 3.63) is 29.8 Å². The molecule has 0 bridgehead atoms. The van der Waals surface area contributed by atoms with Gasteiger partial charge in [-0.25, -0.2) is 0 Å². The Morgan fingerprint density at radius 3 is 2.60 bits per heavy atom. The molecule has 0 amide bonds. The third kappa shape index (κ3) is 3.56. The first-order valence-electron chi connectivity index (χ1n) is 5.63. The van der Waals surface area contributed by atoms with Crippen molar-refractivity contribution in [3.63, 3.8) is 0 Å². The first-order chi connectivity index (χ1) is 7.38. The standard InChI is InChI=1S/C13H18O2/c1-14-12-8-6-11(7-9-12)4-2-3-5-13-10-15-13/h6-9,13H,2-5,10H2,1H3. The third-order valence-electron chi connectivity index (χ3n) is 2.80. The molecule has 0 spiro atoms. The van der Waals surface area contributed by atoms with Gasteiger partial charge < -0.3 is 9.47 Å². The van der Waals surface area contributed by atoms with Crippen molar-refractivity contribution in [2.75, 3.05) is 13.7 Å². The maximum Gasteiger partial charge on any atom is 0.118 e. The Morgan fingerprint density at radius 1 is 1.27 bits per heavy atom. The maximum absolute atomic E-state index is 5.17. The number of methoxy groups -OCH3 is 1. The summed E-state index contributed by atoms with van der Waals surface area (Å²) in [6.07, 6.45) is 5.51. The van der Waals surface area contributed by atoms with Crippen LogP contribution in [0, 0.1) is 0 Å². The van der Waals surface area contributed by atoms with Crippen LogP contribution in [0.15, 0.2) is 24.3 Å². The van der Waals surface area contributed by atoms with Crippen LogP contribution in [0.1, 0.15) is 24.8 Å². The van der Waals surface area contributed by atoms with Crippen LogP contribution in [0.3, 0.4) is 0 Å². The zero-order valence-corrected chi connectivity index (χ0v) is 9.24. The summed E-state index contributed by atoms with van der Waals surface area (Å²) in [6.45, 7) is 0.989. The lowest BCUT2D eigenvalue weighted by Crippen LogP contribution is -1.89. The second-order valence-corrected chi connectivity index (χ2v) is 4.05. The lowest BCUT2D eigenvalue weighted by molar-refractivity contribution is 0.389. The Balaban J connectivity index is 1.67. The molecule has 2 nitrogen and oxygen atoms in total. The highest BCUT2D eigenvalue weighted by Crippen LogP contribution is 2.18. The minimum absolute atomic E-state index is 0.584. The molecule has 1 heterocycles. The molecule has 2 heteroatoms. The normalized spacial score (nSPS) is 18.9. The van der Waals surface area contributed by atoms with Gasteiger partial charge in [0.1, 0.15) is 5.75 Å². The molecule has 1 atom stereocenters. The van der Waals surface area contributed by atoms with Gasteiger partial charge in [-0.1, -0.05) is 18.6 Å².